The minimum Gasteiger partial charge on any atom is -0.382 e. The van der Waals surface area contributed by atoms with Crippen LogP contribution in [0.5, 0.6) is 0 Å². The second-order valence-corrected chi connectivity index (χ2v) is 9.69. The summed E-state index contributed by atoms with van der Waals surface area (Å²) < 4.78 is 71.4. The highest BCUT2D eigenvalue weighted by Gasteiger charge is 2.48. The van der Waals surface area contributed by atoms with Crippen molar-refractivity contribution in [1.29, 1.82) is 0 Å². The van der Waals surface area contributed by atoms with Gasteiger partial charge < -0.3 is 15.6 Å². The molecule has 1 atom stereocenters. The molecule has 6 rings (SSSR count). The number of likely N-dealkylation sites (tertiary alicyclic amines) is 1. The van der Waals surface area contributed by atoms with Gasteiger partial charge in [0.15, 0.2) is 11.5 Å². The van der Waals surface area contributed by atoms with Gasteiger partial charge in [-0.1, -0.05) is 0 Å². The molecule has 37 heavy (non-hydrogen) atoms. The molecule has 0 spiro atoms. The number of aromatic nitrogens is 6. The fourth-order valence-corrected chi connectivity index (χ4v) is 5.00. The van der Waals surface area contributed by atoms with Gasteiger partial charge in [-0.05, 0) is 44.4 Å². The first-order valence-electron chi connectivity index (χ1n) is 11.9. The lowest BCUT2D eigenvalue weighted by molar-refractivity contribution is -0.140. The van der Waals surface area contributed by atoms with E-state index in [9.17, 15) is 22.0 Å². The fourth-order valence-electron chi connectivity index (χ4n) is 5.00. The Labute approximate surface area is 207 Å². The summed E-state index contributed by atoms with van der Waals surface area (Å²) in [5, 5.41) is 7.07. The van der Waals surface area contributed by atoms with Crippen LogP contribution in [0.4, 0.5) is 33.7 Å². The molecule has 5 heterocycles. The number of aryl methyl sites for hydroxylation is 1. The number of rotatable bonds is 5. The normalized spacial score (nSPS) is 20.6. The second-order valence-electron chi connectivity index (χ2n) is 9.69. The van der Waals surface area contributed by atoms with E-state index in [0.29, 0.717) is 28.8 Å². The summed E-state index contributed by atoms with van der Waals surface area (Å²) in [6.07, 6.45) is -0.687. The zero-order valence-electron chi connectivity index (χ0n) is 19.8. The van der Waals surface area contributed by atoms with Crippen LogP contribution in [0.1, 0.15) is 25.1 Å². The van der Waals surface area contributed by atoms with Crippen LogP contribution >= 0.6 is 0 Å². The van der Waals surface area contributed by atoms with E-state index < -0.39 is 24.7 Å². The molecular formula is C23H24F5N9. The highest BCUT2D eigenvalue weighted by molar-refractivity contribution is 5.88. The molecular weight excluding hydrogens is 497 g/mol. The summed E-state index contributed by atoms with van der Waals surface area (Å²) in [6, 6.07) is 4.00. The van der Waals surface area contributed by atoms with Crippen molar-refractivity contribution in [3.05, 3.63) is 30.2 Å². The molecule has 1 aliphatic carbocycles. The van der Waals surface area contributed by atoms with Crippen LogP contribution < -0.4 is 11.1 Å². The molecule has 1 saturated heterocycles. The molecule has 4 aromatic heterocycles. The number of nitrogens with one attached hydrogen (secondary N) is 1. The van der Waals surface area contributed by atoms with Crippen LogP contribution in [0.25, 0.3) is 27.9 Å². The lowest BCUT2D eigenvalue weighted by Crippen LogP contribution is -2.55. The molecule has 2 fully saturated rings. The highest BCUT2D eigenvalue weighted by atomic mass is 19.4. The fraction of sp³-hybridized carbons (Fsp3) is 0.478. The number of imidazole rings is 1. The van der Waals surface area contributed by atoms with E-state index in [1.54, 1.807) is 24.4 Å². The van der Waals surface area contributed by atoms with Gasteiger partial charge in [-0.3, -0.25) is 4.90 Å². The third kappa shape index (κ3) is 4.43. The Morgan fingerprint density at radius 1 is 1.11 bits per heavy atom. The highest BCUT2D eigenvalue weighted by Crippen LogP contribution is 2.36. The zero-order valence-corrected chi connectivity index (χ0v) is 19.8. The Balaban J connectivity index is 1.31. The van der Waals surface area contributed by atoms with Crippen molar-refractivity contribution >= 4 is 28.4 Å². The van der Waals surface area contributed by atoms with Crippen LogP contribution in [0.15, 0.2) is 24.4 Å². The standard InChI is InChI=1S/C23H24F5N9/c1-12-30-16-5-4-15(31-20(16)36(12)11-23(26,27)28)14-6-9-37-18(14)19(29)33-21(34-37)32-17-7-8-35(13-2-3-13)10-22(17,24)25/h4-6,9,13,17H,2-3,7-8,10-11H2,1H3,(H3,29,32,33,34)/t17-/m1/s1. The zero-order chi connectivity index (χ0) is 26.1. The molecule has 0 unspecified atom stereocenters. The van der Waals surface area contributed by atoms with E-state index in [-0.39, 0.29) is 42.2 Å². The largest absolute Gasteiger partial charge is 0.406 e. The third-order valence-corrected chi connectivity index (χ3v) is 6.93. The molecule has 0 radical (unpaired) electrons. The average Bonchev–Trinajstić information content (AvgIpc) is 3.50. The number of nitrogens with zero attached hydrogens (tertiary/aromatic N) is 7. The van der Waals surface area contributed by atoms with E-state index >= 15 is 0 Å². The number of nitrogen functional groups attached to an aromatic ring is 1. The predicted octanol–water partition coefficient (Wildman–Crippen LogP) is 3.88. The predicted molar refractivity (Wildman–Crippen MR) is 126 cm³/mol. The van der Waals surface area contributed by atoms with Gasteiger partial charge in [0.2, 0.25) is 5.95 Å². The molecule has 14 heteroatoms. The number of alkyl halides is 5. The SMILES string of the molecule is Cc1nc2ccc(-c3ccn4nc(N[C@@H]5CCN(C6CC6)CC5(F)F)nc(N)c34)nc2n1CC(F)(F)F. The van der Waals surface area contributed by atoms with Crippen molar-refractivity contribution in [2.75, 3.05) is 24.1 Å². The Hall–Kier alpha value is -3.55. The van der Waals surface area contributed by atoms with E-state index in [1.807, 2.05) is 4.90 Å². The lowest BCUT2D eigenvalue weighted by Gasteiger charge is -2.38. The first-order valence-corrected chi connectivity index (χ1v) is 11.9. The van der Waals surface area contributed by atoms with Crippen molar-refractivity contribution < 1.29 is 22.0 Å². The lowest BCUT2D eigenvalue weighted by atomic mass is 10.0. The van der Waals surface area contributed by atoms with Crippen molar-refractivity contribution in [1.82, 2.24) is 34.0 Å². The quantitative estimate of drug-likeness (QED) is 0.385. The molecule has 0 amide bonds. The molecule has 1 aliphatic heterocycles. The van der Waals surface area contributed by atoms with Gasteiger partial charge in [-0.15, -0.1) is 5.10 Å². The Morgan fingerprint density at radius 2 is 1.89 bits per heavy atom. The maximum Gasteiger partial charge on any atom is 0.406 e. The van der Waals surface area contributed by atoms with Crippen molar-refractivity contribution in [3.8, 4) is 11.3 Å². The van der Waals surface area contributed by atoms with Crippen LogP contribution in [-0.2, 0) is 6.54 Å². The first kappa shape index (κ1) is 23.8. The minimum atomic E-state index is -4.44. The minimum absolute atomic E-state index is 0.0260. The number of halogens is 5. The van der Waals surface area contributed by atoms with Gasteiger partial charge in [0.25, 0.3) is 5.92 Å². The number of hydrogen-bond acceptors (Lipinski definition) is 7. The maximum absolute atomic E-state index is 14.8. The van der Waals surface area contributed by atoms with Gasteiger partial charge in [0.1, 0.15) is 23.4 Å². The Morgan fingerprint density at radius 3 is 2.59 bits per heavy atom. The average molecular weight is 521 g/mol. The summed E-state index contributed by atoms with van der Waals surface area (Å²) in [5.74, 6) is -2.76. The number of pyridine rings is 1. The number of fused-ring (bicyclic) bond motifs is 2. The van der Waals surface area contributed by atoms with E-state index in [0.717, 1.165) is 17.4 Å². The van der Waals surface area contributed by atoms with Gasteiger partial charge >= 0.3 is 6.18 Å². The molecule has 1 saturated carbocycles. The van der Waals surface area contributed by atoms with Gasteiger partial charge in [0.05, 0.1) is 18.3 Å². The second kappa shape index (κ2) is 8.23. The molecule has 4 aromatic rings. The monoisotopic (exact) mass is 521 g/mol. The van der Waals surface area contributed by atoms with Crippen molar-refractivity contribution in [2.45, 2.75) is 56.9 Å². The van der Waals surface area contributed by atoms with Gasteiger partial charge in [-0.2, -0.15) is 18.2 Å². The first-order chi connectivity index (χ1) is 17.5. The molecule has 9 nitrogen and oxygen atoms in total. The number of anilines is 2. The Bertz CT molecular complexity index is 1490. The van der Waals surface area contributed by atoms with Crippen LogP contribution in [0, 0.1) is 6.92 Å². The summed E-state index contributed by atoms with van der Waals surface area (Å²) in [5.41, 5.74) is 7.84. The number of hydrogen-bond donors (Lipinski definition) is 2. The maximum atomic E-state index is 14.8. The Kier molecular flexibility index (Phi) is 5.30. The summed E-state index contributed by atoms with van der Waals surface area (Å²) in [6.45, 7) is 0.536. The summed E-state index contributed by atoms with van der Waals surface area (Å²) in [4.78, 5) is 14.6. The molecule has 2 aliphatic rings. The summed E-state index contributed by atoms with van der Waals surface area (Å²) >= 11 is 0. The summed E-state index contributed by atoms with van der Waals surface area (Å²) in [7, 11) is 0. The molecule has 0 bridgehead atoms. The third-order valence-electron chi connectivity index (χ3n) is 6.93. The van der Waals surface area contributed by atoms with Crippen molar-refractivity contribution in [3.63, 3.8) is 0 Å². The van der Waals surface area contributed by atoms with Crippen molar-refractivity contribution in [2.24, 2.45) is 0 Å². The topological polar surface area (TPSA) is 102 Å². The smallest absolute Gasteiger partial charge is 0.382 e. The number of piperidine rings is 1. The van der Waals surface area contributed by atoms with Gasteiger partial charge in [-0.25, -0.2) is 23.3 Å². The molecule has 3 N–H and O–H groups in total. The van der Waals surface area contributed by atoms with Gasteiger partial charge in [0, 0.05) is 24.3 Å². The van der Waals surface area contributed by atoms with E-state index in [2.05, 4.69) is 25.4 Å². The number of nitrogens with two attached hydrogens (primary N) is 1. The van der Waals surface area contributed by atoms with Crippen LogP contribution in [0.2, 0.25) is 0 Å². The van der Waals surface area contributed by atoms with Crippen LogP contribution in [-0.4, -0.2) is 71.3 Å². The van der Waals surface area contributed by atoms with Crippen LogP contribution in [0.3, 0.4) is 0 Å². The van der Waals surface area contributed by atoms with E-state index in [1.165, 1.54) is 11.4 Å². The molecule has 0 aromatic carbocycles. The molecule has 196 valence electrons. The van der Waals surface area contributed by atoms with E-state index in [4.69, 9.17) is 5.73 Å².